The molecule has 1 fully saturated rings. The fourth-order valence-electron chi connectivity index (χ4n) is 2.98. The highest BCUT2D eigenvalue weighted by atomic mass is 16.5. The minimum Gasteiger partial charge on any atom is -0.379 e. The lowest BCUT2D eigenvalue weighted by atomic mass is 9.90. The highest BCUT2D eigenvalue weighted by Crippen LogP contribution is 2.24. The molecule has 1 aliphatic carbocycles. The number of hydrogen-bond acceptors (Lipinski definition) is 2. The van der Waals surface area contributed by atoms with Gasteiger partial charge in [-0.15, -0.1) is 0 Å². The summed E-state index contributed by atoms with van der Waals surface area (Å²) in [5.41, 5.74) is 1.34. The van der Waals surface area contributed by atoms with Crippen molar-refractivity contribution < 1.29 is 4.74 Å². The van der Waals surface area contributed by atoms with Gasteiger partial charge in [-0.2, -0.15) is 0 Å². The summed E-state index contributed by atoms with van der Waals surface area (Å²) in [5.74, 6) is 0.798. The molecular weight excluding hydrogens is 246 g/mol. The molecule has 0 bridgehead atoms. The molecule has 1 atom stereocenters. The van der Waals surface area contributed by atoms with E-state index in [-0.39, 0.29) is 0 Å². The van der Waals surface area contributed by atoms with Gasteiger partial charge < -0.3 is 10.1 Å². The van der Waals surface area contributed by atoms with Gasteiger partial charge in [-0.05, 0) is 37.3 Å². The standard InChI is InChI=1S/C18H29NO/c1-2-13-19-18(17-11-7-4-8-12-17)15-20-14-16-9-5-3-6-10-16/h4,7-8,11-12,16,18-19H,2-3,5-6,9-10,13-15H2,1H3. The van der Waals surface area contributed by atoms with E-state index in [0.717, 1.165) is 32.1 Å². The number of hydrogen-bond donors (Lipinski definition) is 1. The highest BCUT2D eigenvalue weighted by molar-refractivity contribution is 5.18. The topological polar surface area (TPSA) is 21.3 Å². The van der Waals surface area contributed by atoms with E-state index in [9.17, 15) is 0 Å². The van der Waals surface area contributed by atoms with Crippen LogP contribution in [0.5, 0.6) is 0 Å². The van der Waals surface area contributed by atoms with Gasteiger partial charge in [0.2, 0.25) is 0 Å². The quantitative estimate of drug-likeness (QED) is 0.762. The molecule has 20 heavy (non-hydrogen) atoms. The van der Waals surface area contributed by atoms with Gasteiger partial charge >= 0.3 is 0 Å². The average molecular weight is 275 g/mol. The van der Waals surface area contributed by atoms with E-state index >= 15 is 0 Å². The van der Waals surface area contributed by atoms with Crippen LogP contribution >= 0.6 is 0 Å². The second-order valence-corrected chi connectivity index (χ2v) is 5.96. The molecule has 1 saturated carbocycles. The van der Waals surface area contributed by atoms with Crippen LogP contribution in [0.25, 0.3) is 0 Å². The molecule has 0 heterocycles. The van der Waals surface area contributed by atoms with Crippen molar-refractivity contribution in [1.29, 1.82) is 0 Å². The zero-order chi connectivity index (χ0) is 14.0. The molecule has 1 unspecified atom stereocenters. The Bertz CT molecular complexity index is 346. The SMILES string of the molecule is CCCNC(COCC1CCCCC1)c1ccccc1. The summed E-state index contributed by atoms with van der Waals surface area (Å²) in [6.45, 7) is 4.99. The molecule has 2 heteroatoms. The summed E-state index contributed by atoms with van der Waals surface area (Å²) in [6, 6.07) is 11.0. The molecule has 0 amide bonds. The monoisotopic (exact) mass is 275 g/mol. The van der Waals surface area contributed by atoms with E-state index in [4.69, 9.17) is 4.74 Å². The summed E-state index contributed by atoms with van der Waals surface area (Å²) >= 11 is 0. The zero-order valence-corrected chi connectivity index (χ0v) is 12.8. The molecule has 1 aromatic rings. The maximum atomic E-state index is 6.02. The first-order chi connectivity index (χ1) is 9.90. The smallest absolute Gasteiger partial charge is 0.0661 e. The lowest BCUT2D eigenvalue weighted by Gasteiger charge is -2.24. The minimum absolute atomic E-state index is 0.333. The first-order valence-electron chi connectivity index (χ1n) is 8.26. The summed E-state index contributed by atoms with van der Waals surface area (Å²) in [6.07, 6.45) is 8.08. The van der Waals surface area contributed by atoms with Gasteiger partial charge in [0.05, 0.1) is 12.6 Å². The summed E-state index contributed by atoms with van der Waals surface area (Å²) in [7, 11) is 0. The second-order valence-electron chi connectivity index (χ2n) is 5.96. The van der Waals surface area contributed by atoms with Crippen LogP contribution in [0.3, 0.4) is 0 Å². The fourth-order valence-corrected chi connectivity index (χ4v) is 2.98. The molecule has 2 rings (SSSR count). The Kier molecular flexibility index (Phi) is 7.10. The van der Waals surface area contributed by atoms with Gasteiger partial charge in [0, 0.05) is 6.61 Å². The zero-order valence-electron chi connectivity index (χ0n) is 12.8. The first-order valence-corrected chi connectivity index (χ1v) is 8.26. The third kappa shape index (κ3) is 5.26. The van der Waals surface area contributed by atoms with E-state index in [2.05, 4.69) is 42.6 Å². The lowest BCUT2D eigenvalue weighted by molar-refractivity contribution is 0.0693. The normalized spacial score (nSPS) is 18.1. The summed E-state index contributed by atoms with van der Waals surface area (Å²) < 4.78 is 6.02. The Morgan fingerprint density at radius 3 is 2.60 bits per heavy atom. The van der Waals surface area contributed by atoms with Gasteiger partial charge in [-0.1, -0.05) is 56.5 Å². The molecule has 112 valence electrons. The van der Waals surface area contributed by atoms with Gasteiger partial charge in [0.1, 0.15) is 0 Å². The van der Waals surface area contributed by atoms with Crippen LogP contribution < -0.4 is 5.32 Å². The second kappa shape index (κ2) is 9.15. The molecule has 0 spiro atoms. The van der Waals surface area contributed by atoms with E-state index in [1.165, 1.54) is 37.7 Å². The molecule has 0 saturated heterocycles. The molecule has 0 radical (unpaired) electrons. The maximum absolute atomic E-state index is 6.02. The van der Waals surface area contributed by atoms with Crippen molar-refractivity contribution in [3.05, 3.63) is 35.9 Å². The van der Waals surface area contributed by atoms with Crippen molar-refractivity contribution in [2.45, 2.75) is 51.5 Å². The number of nitrogens with one attached hydrogen (secondary N) is 1. The van der Waals surface area contributed by atoms with Gasteiger partial charge in [0.25, 0.3) is 0 Å². The van der Waals surface area contributed by atoms with Crippen LogP contribution in [-0.4, -0.2) is 19.8 Å². The van der Waals surface area contributed by atoms with Crippen LogP contribution in [0.15, 0.2) is 30.3 Å². The van der Waals surface area contributed by atoms with Crippen LogP contribution in [0.1, 0.15) is 57.1 Å². The van der Waals surface area contributed by atoms with E-state index in [1.807, 2.05) is 0 Å². The molecule has 0 aromatic heterocycles. The van der Waals surface area contributed by atoms with Crippen molar-refractivity contribution in [1.82, 2.24) is 5.32 Å². The van der Waals surface area contributed by atoms with Crippen LogP contribution in [0.4, 0.5) is 0 Å². The number of ether oxygens (including phenoxy) is 1. The van der Waals surface area contributed by atoms with Crippen molar-refractivity contribution in [2.75, 3.05) is 19.8 Å². The Morgan fingerprint density at radius 1 is 1.15 bits per heavy atom. The fraction of sp³-hybridized carbons (Fsp3) is 0.667. The predicted molar refractivity (Wildman–Crippen MR) is 84.9 cm³/mol. The van der Waals surface area contributed by atoms with Crippen molar-refractivity contribution in [3.8, 4) is 0 Å². The van der Waals surface area contributed by atoms with Crippen LogP contribution in [-0.2, 0) is 4.74 Å². The van der Waals surface area contributed by atoms with Crippen molar-refractivity contribution in [3.63, 3.8) is 0 Å². The van der Waals surface area contributed by atoms with Crippen molar-refractivity contribution in [2.24, 2.45) is 5.92 Å². The molecule has 1 aromatic carbocycles. The van der Waals surface area contributed by atoms with Crippen molar-refractivity contribution >= 4 is 0 Å². The molecule has 2 nitrogen and oxygen atoms in total. The Labute approximate surface area is 123 Å². The Balaban J connectivity index is 1.78. The number of benzene rings is 1. The first kappa shape index (κ1) is 15.5. The third-order valence-corrected chi connectivity index (χ3v) is 4.21. The lowest BCUT2D eigenvalue weighted by Crippen LogP contribution is -2.27. The minimum atomic E-state index is 0.333. The van der Waals surface area contributed by atoms with Gasteiger partial charge in [-0.25, -0.2) is 0 Å². The van der Waals surface area contributed by atoms with Gasteiger partial charge in [0.15, 0.2) is 0 Å². The summed E-state index contributed by atoms with van der Waals surface area (Å²) in [4.78, 5) is 0. The summed E-state index contributed by atoms with van der Waals surface area (Å²) in [5, 5.41) is 3.60. The third-order valence-electron chi connectivity index (χ3n) is 4.21. The molecule has 0 aliphatic heterocycles. The molecule has 1 aliphatic rings. The number of rotatable bonds is 8. The van der Waals surface area contributed by atoms with Crippen LogP contribution in [0.2, 0.25) is 0 Å². The predicted octanol–water partition coefficient (Wildman–Crippen LogP) is 4.32. The van der Waals surface area contributed by atoms with E-state index in [0.29, 0.717) is 6.04 Å². The Hall–Kier alpha value is -0.860. The maximum Gasteiger partial charge on any atom is 0.0661 e. The molecule has 1 N–H and O–H groups in total. The van der Waals surface area contributed by atoms with E-state index in [1.54, 1.807) is 0 Å². The molecular formula is C18H29NO. The highest BCUT2D eigenvalue weighted by Gasteiger charge is 2.15. The van der Waals surface area contributed by atoms with Crippen LogP contribution in [0, 0.1) is 5.92 Å². The van der Waals surface area contributed by atoms with Gasteiger partial charge in [-0.3, -0.25) is 0 Å². The Morgan fingerprint density at radius 2 is 1.90 bits per heavy atom. The largest absolute Gasteiger partial charge is 0.379 e. The van der Waals surface area contributed by atoms with E-state index < -0.39 is 0 Å². The average Bonchev–Trinajstić information content (AvgIpc) is 2.52.